The van der Waals surface area contributed by atoms with Crippen molar-refractivity contribution in [3.63, 3.8) is 0 Å². The zero-order valence-corrected chi connectivity index (χ0v) is 15.3. The van der Waals surface area contributed by atoms with E-state index < -0.39 is 6.04 Å². The summed E-state index contributed by atoms with van der Waals surface area (Å²) in [6, 6.07) is 17.2. The Kier molecular flexibility index (Phi) is 5.68. The highest BCUT2D eigenvalue weighted by Gasteiger charge is 2.34. The van der Waals surface area contributed by atoms with Crippen LogP contribution in [0, 0.1) is 6.92 Å². The second-order valence-corrected chi connectivity index (χ2v) is 7.06. The predicted octanol–water partition coefficient (Wildman–Crippen LogP) is 1.47. The number of aryl methyl sites for hydroxylation is 1. The number of rotatable bonds is 7. The highest BCUT2D eigenvalue weighted by molar-refractivity contribution is 5.91. The first-order valence-corrected chi connectivity index (χ1v) is 9.07. The summed E-state index contributed by atoms with van der Waals surface area (Å²) < 4.78 is 0. The third-order valence-electron chi connectivity index (χ3n) is 4.59. The molecule has 1 saturated carbocycles. The molecule has 1 aliphatic carbocycles. The molecule has 2 aromatic rings. The Labute approximate surface area is 154 Å². The summed E-state index contributed by atoms with van der Waals surface area (Å²) in [5, 5.41) is 5.98. The van der Waals surface area contributed by atoms with Gasteiger partial charge in [-0.15, -0.1) is 0 Å². The summed E-state index contributed by atoms with van der Waals surface area (Å²) in [7, 11) is 1.89. The maximum Gasteiger partial charge on any atom is 0.283 e. The van der Waals surface area contributed by atoms with Crippen molar-refractivity contribution in [3.05, 3.63) is 65.7 Å². The molecule has 136 valence electrons. The number of carbonyl (C=O) groups excluding carboxylic acids is 2. The summed E-state index contributed by atoms with van der Waals surface area (Å²) in [4.78, 5) is 26.0. The molecule has 26 heavy (non-hydrogen) atoms. The average molecular weight is 352 g/mol. The van der Waals surface area contributed by atoms with Crippen molar-refractivity contribution < 1.29 is 14.5 Å². The van der Waals surface area contributed by atoms with Gasteiger partial charge in [0.25, 0.3) is 11.8 Å². The molecule has 0 spiro atoms. The Hall–Kier alpha value is -2.66. The summed E-state index contributed by atoms with van der Waals surface area (Å²) >= 11 is 0. The molecule has 1 aliphatic rings. The van der Waals surface area contributed by atoms with E-state index in [2.05, 4.69) is 10.6 Å². The van der Waals surface area contributed by atoms with E-state index >= 15 is 0 Å². The van der Waals surface area contributed by atoms with Crippen molar-refractivity contribution in [2.45, 2.75) is 31.8 Å². The van der Waals surface area contributed by atoms with Gasteiger partial charge in [-0.3, -0.25) is 9.59 Å². The number of likely N-dealkylation sites (N-methyl/N-ethyl adjacent to an activating group) is 1. The maximum absolute atomic E-state index is 12.7. The minimum absolute atomic E-state index is 0.0145. The molecule has 0 aliphatic heterocycles. The first kappa shape index (κ1) is 18.1. The van der Waals surface area contributed by atoms with Gasteiger partial charge in [-0.1, -0.05) is 48.0 Å². The molecule has 0 bridgehead atoms. The van der Waals surface area contributed by atoms with Crippen molar-refractivity contribution in [2.75, 3.05) is 18.9 Å². The number of nitrogens with one attached hydrogen (secondary N) is 3. The van der Waals surface area contributed by atoms with Gasteiger partial charge in [0.1, 0.15) is 0 Å². The lowest BCUT2D eigenvalue weighted by Gasteiger charge is -2.24. The van der Waals surface area contributed by atoms with Crippen LogP contribution >= 0.6 is 0 Å². The fourth-order valence-electron chi connectivity index (χ4n) is 3.01. The summed E-state index contributed by atoms with van der Waals surface area (Å²) in [6.07, 6.45) is 2.08. The van der Waals surface area contributed by atoms with Crippen molar-refractivity contribution >= 4 is 17.5 Å². The van der Waals surface area contributed by atoms with Crippen LogP contribution < -0.4 is 15.5 Å². The Bertz CT molecular complexity index is 755. The van der Waals surface area contributed by atoms with E-state index in [9.17, 15) is 9.59 Å². The molecule has 0 radical (unpaired) electrons. The number of carbonyl (C=O) groups is 2. The van der Waals surface area contributed by atoms with E-state index in [0.29, 0.717) is 6.04 Å². The monoisotopic (exact) mass is 352 g/mol. The highest BCUT2D eigenvalue weighted by atomic mass is 16.2. The van der Waals surface area contributed by atoms with Gasteiger partial charge in [-0.25, -0.2) is 0 Å². The molecule has 5 heteroatoms. The minimum Gasteiger partial charge on any atom is -0.348 e. The van der Waals surface area contributed by atoms with E-state index in [1.165, 1.54) is 0 Å². The predicted molar refractivity (Wildman–Crippen MR) is 102 cm³/mol. The lowest BCUT2D eigenvalue weighted by molar-refractivity contribution is -0.894. The van der Waals surface area contributed by atoms with E-state index in [1.54, 1.807) is 0 Å². The standard InChI is InChI=1S/C21H25N3O2/c1-15-8-10-17(11-9-15)22-19(25)14-24(2)20(16-6-4-3-5-7-16)21(26)23-18-12-13-18/h3-11,18,20H,12-14H2,1-2H3,(H,22,25)(H,23,26)/p+1/t20-/m0/s1. The second-order valence-electron chi connectivity index (χ2n) is 7.06. The normalized spacial score (nSPS) is 15.8. The SMILES string of the molecule is Cc1ccc(NC(=O)C[NH+](C)[C@H](C(=O)NC2CC2)c2ccccc2)cc1. The lowest BCUT2D eigenvalue weighted by Crippen LogP contribution is -3.11. The van der Waals surface area contributed by atoms with Gasteiger partial charge >= 0.3 is 0 Å². The first-order chi connectivity index (χ1) is 12.5. The number of anilines is 1. The second kappa shape index (κ2) is 8.15. The number of benzene rings is 2. The topological polar surface area (TPSA) is 62.6 Å². The van der Waals surface area contributed by atoms with Crippen molar-refractivity contribution in [1.82, 2.24) is 5.32 Å². The molecule has 2 aromatic carbocycles. The quantitative estimate of drug-likeness (QED) is 0.707. The van der Waals surface area contributed by atoms with Crippen molar-refractivity contribution in [3.8, 4) is 0 Å². The van der Waals surface area contributed by atoms with Crippen molar-refractivity contribution in [1.29, 1.82) is 0 Å². The molecule has 5 nitrogen and oxygen atoms in total. The molecule has 2 atom stereocenters. The van der Waals surface area contributed by atoms with Gasteiger partial charge in [0.05, 0.1) is 7.05 Å². The van der Waals surface area contributed by atoms with Gasteiger partial charge in [0.15, 0.2) is 12.6 Å². The minimum atomic E-state index is -0.402. The van der Waals surface area contributed by atoms with Crippen LogP contribution in [-0.2, 0) is 9.59 Å². The number of hydrogen-bond donors (Lipinski definition) is 3. The van der Waals surface area contributed by atoms with E-state index in [1.807, 2.05) is 68.6 Å². The number of quaternary nitrogens is 1. The van der Waals surface area contributed by atoms with Crippen LogP contribution in [-0.4, -0.2) is 31.4 Å². The average Bonchev–Trinajstić information content (AvgIpc) is 3.42. The molecule has 0 heterocycles. The van der Waals surface area contributed by atoms with Gasteiger partial charge in [0, 0.05) is 17.3 Å². The molecule has 3 N–H and O–H groups in total. The van der Waals surface area contributed by atoms with Crippen molar-refractivity contribution in [2.24, 2.45) is 0 Å². The molecule has 3 rings (SSSR count). The molecule has 1 unspecified atom stereocenters. The van der Waals surface area contributed by atoms with Crippen LogP contribution in [0.4, 0.5) is 5.69 Å². The smallest absolute Gasteiger partial charge is 0.283 e. The van der Waals surface area contributed by atoms with Crippen LogP contribution in [0.2, 0.25) is 0 Å². The third-order valence-corrected chi connectivity index (χ3v) is 4.59. The third kappa shape index (κ3) is 4.92. The Morgan fingerprint density at radius 2 is 1.73 bits per heavy atom. The van der Waals surface area contributed by atoms with E-state index in [-0.39, 0.29) is 18.4 Å². The molecule has 2 amide bonds. The largest absolute Gasteiger partial charge is 0.348 e. The summed E-state index contributed by atoms with van der Waals surface area (Å²) in [5.41, 5.74) is 2.84. The van der Waals surface area contributed by atoms with Gasteiger partial charge in [-0.2, -0.15) is 0 Å². The Balaban J connectivity index is 1.67. The van der Waals surface area contributed by atoms with Gasteiger partial charge in [-0.05, 0) is 31.9 Å². The van der Waals surface area contributed by atoms with Crippen LogP contribution in [0.3, 0.4) is 0 Å². The van der Waals surface area contributed by atoms with Gasteiger partial charge in [0.2, 0.25) is 0 Å². The molecule has 0 saturated heterocycles. The highest BCUT2D eigenvalue weighted by Crippen LogP contribution is 2.20. The maximum atomic E-state index is 12.7. The fraction of sp³-hybridized carbons (Fsp3) is 0.333. The molecular weight excluding hydrogens is 326 g/mol. The summed E-state index contributed by atoms with van der Waals surface area (Å²) in [5.74, 6) is -0.120. The molecule has 0 aromatic heterocycles. The van der Waals surface area contributed by atoms with Crippen LogP contribution in [0.5, 0.6) is 0 Å². The zero-order chi connectivity index (χ0) is 18.5. The number of amides is 2. The van der Waals surface area contributed by atoms with Crippen LogP contribution in [0.15, 0.2) is 54.6 Å². The van der Waals surface area contributed by atoms with E-state index in [0.717, 1.165) is 34.6 Å². The number of hydrogen-bond acceptors (Lipinski definition) is 2. The van der Waals surface area contributed by atoms with E-state index in [4.69, 9.17) is 0 Å². The first-order valence-electron chi connectivity index (χ1n) is 9.07. The zero-order valence-electron chi connectivity index (χ0n) is 15.3. The van der Waals surface area contributed by atoms with Crippen LogP contribution in [0.1, 0.15) is 30.0 Å². The van der Waals surface area contributed by atoms with Crippen LogP contribution in [0.25, 0.3) is 0 Å². The fourth-order valence-corrected chi connectivity index (χ4v) is 3.01. The lowest BCUT2D eigenvalue weighted by atomic mass is 10.0. The van der Waals surface area contributed by atoms with Gasteiger partial charge < -0.3 is 15.5 Å². The Morgan fingerprint density at radius 1 is 1.08 bits per heavy atom. The summed E-state index contributed by atoms with van der Waals surface area (Å²) in [6.45, 7) is 2.22. The molecular formula is C21H26N3O2+. The molecule has 1 fully saturated rings. The Morgan fingerprint density at radius 3 is 2.35 bits per heavy atom.